The maximum atomic E-state index is 12.3. The molecule has 0 aliphatic carbocycles. The number of carbonyl (C=O) groups excluding carboxylic acids is 1. The number of hydrogen-bond acceptors (Lipinski definition) is 6. The standard InChI is InChI=1S/C18H19ClN2O5/c1-23-13-7-12(8-14(9-13)24-2)18(22)21-20-10-11-5-15(19)17(26-4)16(6-11)25-3/h5-10H,1-4H3,(H,21,22)/b20-10-. The second kappa shape index (κ2) is 8.96. The molecule has 0 heterocycles. The van der Waals surface area contributed by atoms with Gasteiger partial charge >= 0.3 is 0 Å². The average molecular weight is 379 g/mol. The molecule has 0 radical (unpaired) electrons. The number of halogens is 1. The van der Waals surface area contributed by atoms with Crippen LogP contribution in [0.4, 0.5) is 0 Å². The fraction of sp³-hybridized carbons (Fsp3) is 0.222. The third-order valence-corrected chi connectivity index (χ3v) is 3.73. The van der Waals surface area contributed by atoms with Crippen molar-refractivity contribution in [2.75, 3.05) is 28.4 Å². The van der Waals surface area contributed by atoms with Gasteiger partial charge in [-0.25, -0.2) is 5.43 Å². The Morgan fingerprint density at radius 2 is 1.62 bits per heavy atom. The van der Waals surface area contributed by atoms with E-state index in [4.69, 9.17) is 30.5 Å². The highest BCUT2D eigenvalue weighted by Gasteiger charge is 2.11. The lowest BCUT2D eigenvalue weighted by atomic mass is 10.2. The van der Waals surface area contributed by atoms with Gasteiger partial charge in [0.25, 0.3) is 5.91 Å². The third kappa shape index (κ3) is 4.58. The summed E-state index contributed by atoms with van der Waals surface area (Å²) in [5.74, 6) is 1.49. The second-order valence-corrected chi connectivity index (χ2v) is 5.45. The van der Waals surface area contributed by atoms with Gasteiger partial charge in [-0.3, -0.25) is 4.79 Å². The number of ether oxygens (including phenoxy) is 4. The van der Waals surface area contributed by atoms with Crippen LogP contribution >= 0.6 is 11.6 Å². The number of nitrogens with one attached hydrogen (secondary N) is 1. The summed E-state index contributed by atoms with van der Waals surface area (Å²) >= 11 is 6.14. The van der Waals surface area contributed by atoms with Crippen molar-refractivity contribution in [3.63, 3.8) is 0 Å². The van der Waals surface area contributed by atoms with E-state index >= 15 is 0 Å². The van der Waals surface area contributed by atoms with Crippen molar-refractivity contribution < 1.29 is 23.7 Å². The van der Waals surface area contributed by atoms with Gasteiger partial charge in [0.05, 0.1) is 39.7 Å². The van der Waals surface area contributed by atoms with Crippen LogP contribution in [0.15, 0.2) is 35.4 Å². The minimum atomic E-state index is -0.412. The van der Waals surface area contributed by atoms with Crippen LogP contribution in [0.2, 0.25) is 5.02 Å². The van der Waals surface area contributed by atoms with Crippen molar-refractivity contribution in [3.05, 3.63) is 46.5 Å². The normalized spacial score (nSPS) is 10.5. The van der Waals surface area contributed by atoms with E-state index < -0.39 is 5.91 Å². The minimum absolute atomic E-state index is 0.351. The highest BCUT2D eigenvalue weighted by atomic mass is 35.5. The fourth-order valence-electron chi connectivity index (χ4n) is 2.18. The maximum absolute atomic E-state index is 12.3. The summed E-state index contributed by atoms with van der Waals surface area (Å²) in [5, 5.41) is 4.31. The van der Waals surface area contributed by atoms with Gasteiger partial charge < -0.3 is 18.9 Å². The molecule has 0 aromatic heterocycles. The summed E-state index contributed by atoms with van der Waals surface area (Å²) < 4.78 is 20.7. The first-order valence-electron chi connectivity index (χ1n) is 7.50. The molecule has 0 bridgehead atoms. The molecule has 0 saturated heterocycles. The molecule has 7 nitrogen and oxygen atoms in total. The predicted molar refractivity (Wildman–Crippen MR) is 99.2 cm³/mol. The van der Waals surface area contributed by atoms with Crippen molar-refractivity contribution in [2.24, 2.45) is 5.10 Å². The van der Waals surface area contributed by atoms with Crippen molar-refractivity contribution >= 4 is 23.7 Å². The van der Waals surface area contributed by atoms with Gasteiger partial charge in [0.15, 0.2) is 11.5 Å². The molecule has 0 spiro atoms. The first-order chi connectivity index (χ1) is 12.5. The van der Waals surface area contributed by atoms with Gasteiger partial charge in [-0.05, 0) is 29.8 Å². The zero-order chi connectivity index (χ0) is 19.1. The number of amides is 1. The molecule has 0 aliphatic heterocycles. The highest BCUT2D eigenvalue weighted by Crippen LogP contribution is 2.35. The molecular weight excluding hydrogens is 360 g/mol. The molecular formula is C18H19ClN2O5. The van der Waals surface area contributed by atoms with E-state index in [0.29, 0.717) is 39.1 Å². The molecule has 0 fully saturated rings. The minimum Gasteiger partial charge on any atom is -0.497 e. The Hall–Kier alpha value is -2.93. The maximum Gasteiger partial charge on any atom is 0.271 e. The van der Waals surface area contributed by atoms with Crippen LogP contribution in [0, 0.1) is 0 Å². The lowest BCUT2D eigenvalue weighted by molar-refractivity contribution is 0.0954. The van der Waals surface area contributed by atoms with E-state index in [1.807, 2.05) is 0 Å². The summed E-state index contributed by atoms with van der Waals surface area (Å²) in [6.07, 6.45) is 1.45. The molecule has 2 aromatic rings. The Kier molecular flexibility index (Phi) is 6.68. The van der Waals surface area contributed by atoms with Crippen molar-refractivity contribution in [2.45, 2.75) is 0 Å². The second-order valence-electron chi connectivity index (χ2n) is 5.04. The number of benzene rings is 2. The van der Waals surface area contributed by atoms with Crippen molar-refractivity contribution in [1.29, 1.82) is 0 Å². The number of hydrogen-bond donors (Lipinski definition) is 1. The summed E-state index contributed by atoms with van der Waals surface area (Å²) in [7, 11) is 6.03. The van der Waals surface area contributed by atoms with Crippen LogP contribution < -0.4 is 24.4 Å². The summed E-state index contributed by atoms with van der Waals surface area (Å²) in [6, 6.07) is 8.18. The molecule has 2 rings (SSSR count). The first kappa shape index (κ1) is 19.4. The van der Waals surface area contributed by atoms with E-state index in [-0.39, 0.29) is 0 Å². The van der Waals surface area contributed by atoms with E-state index in [1.165, 1.54) is 34.7 Å². The number of hydrazone groups is 1. The zero-order valence-corrected chi connectivity index (χ0v) is 15.6. The van der Waals surface area contributed by atoms with E-state index in [0.717, 1.165) is 0 Å². The molecule has 26 heavy (non-hydrogen) atoms. The van der Waals surface area contributed by atoms with Crippen LogP contribution in [-0.4, -0.2) is 40.6 Å². The van der Waals surface area contributed by atoms with Gasteiger partial charge in [-0.1, -0.05) is 11.6 Å². The summed E-state index contributed by atoms with van der Waals surface area (Å²) in [6.45, 7) is 0. The molecule has 138 valence electrons. The van der Waals surface area contributed by atoms with E-state index in [9.17, 15) is 4.79 Å². The SMILES string of the molecule is COc1cc(OC)cc(C(=O)N/N=C\c2cc(Cl)c(OC)c(OC)c2)c1. The molecule has 0 atom stereocenters. The highest BCUT2D eigenvalue weighted by molar-refractivity contribution is 6.32. The molecule has 1 amide bonds. The van der Waals surface area contributed by atoms with Gasteiger partial charge in [0, 0.05) is 11.6 Å². The third-order valence-electron chi connectivity index (χ3n) is 3.45. The van der Waals surface area contributed by atoms with Crippen LogP contribution in [0.25, 0.3) is 0 Å². The van der Waals surface area contributed by atoms with Crippen molar-refractivity contribution in [1.82, 2.24) is 5.43 Å². The predicted octanol–water partition coefficient (Wildman–Crippen LogP) is 3.14. The van der Waals surface area contributed by atoms with Gasteiger partial charge in [-0.15, -0.1) is 0 Å². The van der Waals surface area contributed by atoms with E-state index in [1.54, 1.807) is 30.3 Å². The zero-order valence-electron chi connectivity index (χ0n) is 14.8. The lowest BCUT2D eigenvalue weighted by Gasteiger charge is -2.10. The largest absolute Gasteiger partial charge is 0.497 e. The topological polar surface area (TPSA) is 78.4 Å². The van der Waals surface area contributed by atoms with Crippen LogP contribution in [-0.2, 0) is 0 Å². The smallest absolute Gasteiger partial charge is 0.271 e. The molecule has 0 aliphatic rings. The monoisotopic (exact) mass is 378 g/mol. The molecule has 0 saturated carbocycles. The number of methoxy groups -OCH3 is 4. The van der Waals surface area contributed by atoms with Crippen molar-refractivity contribution in [3.8, 4) is 23.0 Å². The average Bonchev–Trinajstić information content (AvgIpc) is 2.66. The first-order valence-corrected chi connectivity index (χ1v) is 7.88. The summed E-state index contributed by atoms with van der Waals surface area (Å²) in [4.78, 5) is 12.3. The fourth-order valence-corrected chi connectivity index (χ4v) is 2.48. The molecule has 2 aromatic carbocycles. The van der Waals surface area contributed by atoms with Crippen LogP contribution in [0.3, 0.4) is 0 Å². The number of nitrogens with zero attached hydrogens (tertiary/aromatic N) is 1. The van der Waals surface area contributed by atoms with Gasteiger partial charge in [0.2, 0.25) is 0 Å². The molecule has 0 unspecified atom stereocenters. The van der Waals surface area contributed by atoms with Gasteiger partial charge in [-0.2, -0.15) is 5.10 Å². The molecule has 1 N–H and O–H groups in total. The molecule has 8 heteroatoms. The Morgan fingerprint density at radius 1 is 0.962 bits per heavy atom. The van der Waals surface area contributed by atoms with Crippen LogP contribution in [0.5, 0.6) is 23.0 Å². The van der Waals surface area contributed by atoms with Gasteiger partial charge in [0.1, 0.15) is 11.5 Å². The Labute approximate surface area is 156 Å². The Balaban J connectivity index is 2.16. The quantitative estimate of drug-likeness (QED) is 0.591. The van der Waals surface area contributed by atoms with Crippen LogP contribution in [0.1, 0.15) is 15.9 Å². The lowest BCUT2D eigenvalue weighted by Crippen LogP contribution is -2.17. The Bertz CT molecular complexity index is 801. The summed E-state index contributed by atoms with van der Waals surface area (Å²) in [5.41, 5.74) is 3.43. The number of rotatable bonds is 7. The number of carbonyl (C=O) groups is 1. The van der Waals surface area contributed by atoms with E-state index in [2.05, 4.69) is 10.5 Å². The Morgan fingerprint density at radius 3 is 2.15 bits per heavy atom.